The highest BCUT2D eigenvalue weighted by Gasteiger charge is 2.18. The Kier molecular flexibility index (Phi) is 4.88. The molecule has 3 aromatic carbocycles. The third-order valence-electron chi connectivity index (χ3n) is 3.58. The third kappa shape index (κ3) is 3.66. The SMILES string of the molecule is O=C(Nc1ccc(Nc2ccccc2F)cc1)c1ccc(F)c(F)c1F. The molecule has 0 saturated heterocycles. The van der Waals surface area contributed by atoms with Crippen molar-refractivity contribution < 1.29 is 22.4 Å². The van der Waals surface area contributed by atoms with Gasteiger partial charge >= 0.3 is 0 Å². The van der Waals surface area contributed by atoms with E-state index in [1.807, 2.05) is 0 Å². The lowest BCUT2D eigenvalue weighted by Crippen LogP contribution is -2.15. The topological polar surface area (TPSA) is 41.1 Å². The van der Waals surface area contributed by atoms with Crippen LogP contribution in [0, 0.1) is 23.3 Å². The van der Waals surface area contributed by atoms with Gasteiger partial charge in [0.15, 0.2) is 17.5 Å². The molecule has 0 unspecified atom stereocenters. The molecule has 2 N–H and O–H groups in total. The van der Waals surface area contributed by atoms with Crippen molar-refractivity contribution in [1.29, 1.82) is 0 Å². The largest absolute Gasteiger partial charge is 0.353 e. The minimum Gasteiger partial charge on any atom is -0.353 e. The van der Waals surface area contributed by atoms with Crippen molar-refractivity contribution >= 4 is 23.0 Å². The number of para-hydroxylation sites is 1. The van der Waals surface area contributed by atoms with Crippen LogP contribution in [0.1, 0.15) is 10.4 Å². The van der Waals surface area contributed by atoms with Gasteiger partial charge in [-0.2, -0.15) is 0 Å². The number of anilines is 3. The van der Waals surface area contributed by atoms with Crippen molar-refractivity contribution in [1.82, 2.24) is 0 Å². The highest BCUT2D eigenvalue weighted by Crippen LogP contribution is 2.22. The Hall–Kier alpha value is -3.35. The van der Waals surface area contributed by atoms with Gasteiger partial charge in [-0.05, 0) is 48.5 Å². The summed E-state index contributed by atoms with van der Waals surface area (Å²) in [5.41, 5.74) is 0.538. The van der Waals surface area contributed by atoms with Crippen molar-refractivity contribution in [2.45, 2.75) is 0 Å². The van der Waals surface area contributed by atoms with Gasteiger partial charge in [-0.3, -0.25) is 4.79 Å². The van der Waals surface area contributed by atoms with E-state index in [4.69, 9.17) is 0 Å². The predicted octanol–water partition coefficient (Wildman–Crippen LogP) is 5.24. The van der Waals surface area contributed by atoms with Crippen LogP contribution in [0.5, 0.6) is 0 Å². The number of amides is 1. The summed E-state index contributed by atoms with van der Waals surface area (Å²) in [6.07, 6.45) is 0. The first-order chi connectivity index (χ1) is 12.5. The Balaban J connectivity index is 1.72. The quantitative estimate of drug-likeness (QED) is 0.494. The van der Waals surface area contributed by atoms with Gasteiger partial charge in [-0.25, -0.2) is 17.6 Å². The summed E-state index contributed by atoms with van der Waals surface area (Å²) in [4.78, 5) is 12.0. The number of nitrogens with one attached hydrogen (secondary N) is 2. The minimum atomic E-state index is -1.71. The molecule has 0 aromatic heterocycles. The number of benzene rings is 3. The van der Waals surface area contributed by atoms with E-state index in [9.17, 15) is 22.4 Å². The van der Waals surface area contributed by atoms with Gasteiger partial charge in [-0.15, -0.1) is 0 Å². The number of rotatable bonds is 4. The molecule has 0 aliphatic heterocycles. The van der Waals surface area contributed by atoms with Crippen LogP contribution in [-0.2, 0) is 0 Å². The Morgan fingerprint density at radius 1 is 0.692 bits per heavy atom. The second kappa shape index (κ2) is 7.26. The van der Waals surface area contributed by atoms with Crippen LogP contribution in [-0.4, -0.2) is 5.91 Å². The van der Waals surface area contributed by atoms with Crippen molar-refractivity contribution in [2.24, 2.45) is 0 Å². The lowest BCUT2D eigenvalue weighted by atomic mass is 10.1. The van der Waals surface area contributed by atoms with E-state index in [1.165, 1.54) is 18.2 Å². The van der Waals surface area contributed by atoms with Gasteiger partial charge in [0.2, 0.25) is 0 Å². The monoisotopic (exact) mass is 360 g/mol. The Bertz CT molecular complexity index is 958. The maximum absolute atomic E-state index is 13.6. The molecule has 1 amide bonds. The molecule has 3 rings (SSSR count). The van der Waals surface area contributed by atoms with Crippen LogP contribution in [0.3, 0.4) is 0 Å². The van der Waals surface area contributed by atoms with Gasteiger partial charge in [0.1, 0.15) is 5.82 Å². The third-order valence-corrected chi connectivity index (χ3v) is 3.58. The fourth-order valence-corrected chi connectivity index (χ4v) is 2.25. The first kappa shape index (κ1) is 17.5. The smallest absolute Gasteiger partial charge is 0.258 e. The molecule has 7 heteroatoms. The van der Waals surface area contributed by atoms with Gasteiger partial charge in [0.05, 0.1) is 11.3 Å². The van der Waals surface area contributed by atoms with E-state index in [1.54, 1.807) is 30.3 Å². The maximum Gasteiger partial charge on any atom is 0.258 e. The zero-order valence-corrected chi connectivity index (χ0v) is 13.2. The van der Waals surface area contributed by atoms with E-state index in [0.717, 1.165) is 6.07 Å². The van der Waals surface area contributed by atoms with Crippen LogP contribution < -0.4 is 10.6 Å². The molecule has 0 aliphatic rings. The summed E-state index contributed by atoms with van der Waals surface area (Å²) in [6, 6.07) is 13.8. The van der Waals surface area contributed by atoms with Crippen LogP contribution in [0.4, 0.5) is 34.6 Å². The molecule has 0 aliphatic carbocycles. The first-order valence-electron chi connectivity index (χ1n) is 7.52. The zero-order valence-electron chi connectivity index (χ0n) is 13.2. The van der Waals surface area contributed by atoms with Gasteiger partial charge < -0.3 is 10.6 Å². The second-order valence-electron chi connectivity index (χ2n) is 5.36. The zero-order chi connectivity index (χ0) is 18.7. The van der Waals surface area contributed by atoms with E-state index in [-0.39, 0.29) is 5.69 Å². The Morgan fingerprint density at radius 2 is 1.35 bits per heavy atom. The van der Waals surface area contributed by atoms with E-state index in [2.05, 4.69) is 10.6 Å². The predicted molar refractivity (Wildman–Crippen MR) is 90.4 cm³/mol. The minimum absolute atomic E-state index is 0.285. The number of carbonyl (C=O) groups is 1. The summed E-state index contributed by atoms with van der Waals surface area (Å²) in [6.45, 7) is 0. The Labute approximate surface area is 146 Å². The fourth-order valence-electron chi connectivity index (χ4n) is 2.25. The molecule has 0 atom stereocenters. The van der Waals surface area contributed by atoms with Crippen molar-refractivity contribution in [3.8, 4) is 0 Å². The molecule has 0 bridgehead atoms. The molecule has 3 aromatic rings. The van der Waals surface area contributed by atoms with Crippen LogP contribution in [0.25, 0.3) is 0 Å². The van der Waals surface area contributed by atoms with Crippen molar-refractivity contribution in [3.05, 3.63) is 89.5 Å². The van der Waals surface area contributed by atoms with E-state index in [0.29, 0.717) is 17.4 Å². The van der Waals surface area contributed by atoms with Gasteiger partial charge in [-0.1, -0.05) is 12.1 Å². The van der Waals surface area contributed by atoms with Crippen molar-refractivity contribution in [3.63, 3.8) is 0 Å². The molecule has 0 radical (unpaired) electrons. The standard InChI is InChI=1S/C19H12F4N2O/c20-14-3-1-2-4-16(14)24-11-5-7-12(8-6-11)25-19(26)13-9-10-15(21)18(23)17(13)22/h1-10,24H,(H,25,26). The molecule has 26 heavy (non-hydrogen) atoms. The van der Waals surface area contributed by atoms with E-state index >= 15 is 0 Å². The summed E-state index contributed by atoms with van der Waals surface area (Å²) < 4.78 is 53.4. The van der Waals surface area contributed by atoms with Gasteiger partial charge in [0.25, 0.3) is 5.91 Å². The summed E-state index contributed by atoms with van der Waals surface area (Å²) >= 11 is 0. The first-order valence-corrected chi connectivity index (χ1v) is 7.52. The molecular weight excluding hydrogens is 348 g/mol. The van der Waals surface area contributed by atoms with Gasteiger partial charge in [0, 0.05) is 11.4 Å². The van der Waals surface area contributed by atoms with E-state index < -0.39 is 34.7 Å². The normalized spacial score (nSPS) is 10.5. The summed E-state index contributed by atoms with van der Waals surface area (Å²) in [5.74, 6) is -5.97. The van der Waals surface area contributed by atoms with Crippen LogP contribution in [0.15, 0.2) is 60.7 Å². The molecule has 0 spiro atoms. The van der Waals surface area contributed by atoms with Crippen LogP contribution >= 0.6 is 0 Å². The molecule has 132 valence electrons. The highest BCUT2D eigenvalue weighted by molar-refractivity contribution is 6.04. The van der Waals surface area contributed by atoms with Crippen LogP contribution in [0.2, 0.25) is 0 Å². The number of hydrogen-bond acceptors (Lipinski definition) is 2. The maximum atomic E-state index is 13.6. The summed E-state index contributed by atoms with van der Waals surface area (Å²) in [5, 5.41) is 5.25. The summed E-state index contributed by atoms with van der Waals surface area (Å²) in [7, 11) is 0. The second-order valence-corrected chi connectivity index (χ2v) is 5.36. The number of halogens is 4. The molecule has 3 nitrogen and oxygen atoms in total. The lowest BCUT2D eigenvalue weighted by molar-refractivity contribution is 0.102. The molecule has 0 heterocycles. The average Bonchev–Trinajstić information content (AvgIpc) is 2.63. The lowest BCUT2D eigenvalue weighted by Gasteiger charge is -2.10. The highest BCUT2D eigenvalue weighted by atomic mass is 19.2. The molecular formula is C19H12F4N2O. The Morgan fingerprint density at radius 3 is 2.04 bits per heavy atom. The number of carbonyl (C=O) groups excluding carboxylic acids is 1. The number of hydrogen-bond donors (Lipinski definition) is 2. The fraction of sp³-hybridized carbons (Fsp3) is 0. The molecule has 0 saturated carbocycles. The van der Waals surface area contributed by atoms with Crippen molar-refractivity contribution in [2.75, 3.05) is 10.6 Å². The molecule has 0 fully saturated rings. The average molecular weight is 360 g/mol.